The van der Waals surface area contributed by atoms with E-state index in [2.05, 4.69) is 0 Å². The van der Waals surface area contributed by atoms with Crippen molar-refractivity contribution < 1.29 is 14.5 Å². The maximum absolute atomic E-state index is 5.51. The van der Waals surface area contributed by atoms with Crippen molar-refractivity contribution in [2.75, 3.05) is 0 Å². The van der Waals surface area contributed by atoms with Crippen molar-refractivity contribution in [1.82, 2.24) is 0 Å². The van der Waals surface area contributed by atoms with Gasteiger partial charge in [-0.2, -0.15) is 0 Å². The van der Waals surface area contributed by atoms with E-state index >= 15 is 0 Å². The summed E-state index contributed by atoms with van der Waals surface area (Å²) in [5.74, 6) is 0. The molecule has 0 aliphatic carbocycles. The van der Waals surface area contributed by atoms with Gasteiger partial charge < -0.3 is 4.74 Å². The Balaban J connectivity index is 1.82. The van der Waals surface area contributed by atoms with E-state index in [9.17, 15) is 0 Å². The van der Waals surface area contributed by atoms with E-state index in [1.165, 1.54) is 0 Å². The molecule has 2 heterocycles. The zero-order chi connectivity index (χ0) is 9.54. The molecular weight excluding hydrogens is 180 g/mol. The van der Waals surface area contributed by atoms with E-state index in [1.807, 2.05) is 37.3 Å². The highest BCUT2D eigenvalue weighted by Gasteiger charge is 2.54. The summed E-state index contributed by atoms with van der Waals surface area (Å²) in [6, 6.07) is 10.0. The molecule has 3 heteroatoms. The second-order valence-corrected chi connectivity index (χ2v) is 3.79. The van der Waals surface area contributed by atoms with Gasteiger partial charge in [0.05, 0.1) is 0 Å². The molecule has 74 valence electrons. The van der Waals surface area contributed by atoms with Gasteiger partial charge in [-0.3, -0.25) is 0 Å². The standard InChI is InChI=1S/C11H12O3/c1-7-9-11(12-9)10(14-13-7)8-5-3-2-4-6-8/h2-7,9-11H,1H3/t7?,9-,10+,11-/m0/s1. The summed E-state index contributed by atoms with van der Waals surface area (Å²) in [6.45, 7) is 1.96. The second kappa shape index (κ2) is 3.05. The minimum absolute atomic E-state index is 0.0555. The Morgan fingerprint density at radius 3 is 2.57 bits per heavy atom. The van der Waals surface area contributed by atoms with Gasteiger partial charge in [0.25, 0.3) is 0 Å². The Kier molecular flexibility index (Phi) is 1.83. The summed E-state index contributed by atoms with van der Waals surface area (Å²) >= 11 is 0. The molecule has 0 amide bonds. The first-order valence-electron chi connectivity index (χ1n) is 4.89. The Hall–Kier alpha value is -0.900. The van der Waals surface area contributed by atoms with Crippen molar-refractivity contribution in [2.24, 2.45) is 0 Å². The van der Waals surface area contributed by atoms with Crippen molar-refractivity contribution in [3.63, 3.8) is 0 Å². The van der Waals surface area contributed by atoms with Gasteiger partial charge in [0.2, 0.25) is 0 Å². The third-order valence-corrected chi connectivity index (χ3v) is 2.76. The number of rotatable bonds is 1. The lowest BCUT2D eigenvalue weighted by Gasteiger charge is -2.22. The maximum atomic E-state index is 5.51. The fourth-order valence-electron chi connectivity index (χ4n) is 1.90. The highest BCUT2D eigenvalue weighted by Crippen LogP contribution is 2.43. The lowest BCUT2D eigenvalue weighted by atomic mass is 10.0. The van der Waals surface area contributed by atoms with E-state index in [1.54, 1.807) is 0 Å². The normalized spacial score (nSPS) is 40.4. The highest BCUT2D eigenvalue weighted by atomic mass is 17.2. The first-order chi connectivity index (χ1) is 6.86. The summed E-state index contributed by atoms with van der Waals surface area (Å²) in [4.78, 5) is 10.5. The molecule has 2 aliphatic rings. The van der Waals surface area contributed by atoms with Crippen LogP contribution in [0.15, 0.2) is 30.3 Å². The van der Waals surface area contributed by atoms with Crippen molar-refractivity contribution in [3.8, 4) is 0 Å². The minimum atomic E-state index is -0.0580. The molecule has 0 N–H and O–H groups in total. The van der Waals surface area contributed by atoms with E-state index in [0.29, 0.717) is 0 Å². The summed E-state index contributed by atoms with van der Waals surface area (Å²) in [5.41, 5.74) is 1.12. The van der Waals surface area contributed by atoms with Crippen LogP contribution in [0, 0.1) is 0 Å². The Morgan fingerprint density at radius 1 is 1.00 bits per heavy atom. The fourth-order valence-corrected chi connectivity index (χ4v) is 1.90. The van der Waals surface area contributed by atoms with Gasteiger partial charge in [-0.05, 0) is 12.5 Å². The topological polar surface area (TPSA) is 31.0 Å². The predicted octanol–water partition coefficient (Wildman–Crippen LogP) is 1.85. The van der Waals surface area contributed by atoms with Crippen LogP contribution in [0.1, 0.15) is 18.6 Å². The molecule has 1 aromatic rings. The van der Waals surface area contributed by atoms with Crippen LogP contribution in [0.4, 0.5) is 0 Å². The molecule has 0 radical (unpaired) electrons. The molecule has 1 aromatic carbocycles. The molecule has 2 saturated heterocycles. The summed E-state index contributed by atoms with van der Waals surface area (Å²) in [7, 11) is 0. The molecule has 1 unspecified atom stereocenters. The van der Waals surface area contributed by atoms with Gasteiger partial charge in [-0.15, -0.1) is 0 Å². The quantitative estimate of drug-likeness (QED) is 0.502. The Bertz CT molecular complexity index is 325. The molecular formula is C11H12O3. The summed E-state index contributed by atoms with van der Waals surface area (Å²) in [5, 5.41) is 0. The molecule has 2 aliphatic heterocycles. The number of hydrogen-bond donors (Lipinski definition) is 0. The van der Waals surface area contributed by atoms with Crippen LogP contribution in [0.2, 0.25) is 0 Å². The van der Waals surface area contributed by atoms with E-state index < -0.39 is 0 Å². The number of benzene rings is 1. The van der Waals surface area contributed by atoms with Gasteiger partial charge in [0.1, 0.15) is 24.4 Å². The third kappa shape index (κ3) is 1.25. The Labute approximate surface area is 82.5 Å². The molecule has 0 bridgehead atoms. The van der Waals surface area contributed by atoms with Crippen molar-refractivity contribution in [3.05, 3.63) is 35.9 Å². The lowest BCUT2D eigenvalue weighted by Crippen LogP contribution is -2.28. The predicted molar refractivity (Wildman–Crippen MR) is 49.5 cm³/mol. The molecule has 3 rings (SSSR count). The van der Waals surface area contributed by atoms with Crippen LogP contribution in [0.25, 0.3) is 0 Å². The molecule has 0 spiro atoms. The Morgan fingerprint density at radius 2 is 1.79 bits per heavy atom. The van der Waals surface area contributed by atoms with E-state index in [-0.39, 0.29) is 24.4 Å². The molecule has 3 nitrogen and oxygen atoms in total. The first kappa shape index (κ1) is 8.41. The zero-order valence-corrected chi connectivity index (χ0v) is 7.92. The van der Waals surface area contributed by atoms with Crippen LogP contribution in [-0.2, 0) is 14.5 Å². The highest BCUT2D eigenvalue weighted by molar-refractivity contribution is 5.21. The first-order valence-corrected chi connectivity index (χ1v) is 4.89. The van der Waals surface area contributed by atoms with Gasteiger partial charge in [0, 0.05) is 0 Å². The van der Waals surface area contributed by atoms with Crippen LogP contribution in [0.5, 0.6) is 0 Å². The van der Waals surface area contributed by atoms with Gasteiger partial charge >= 0.3 is 0 Å². The van der Waals surface area contributed by atoms with Crippen molar-refractivity contribution in [2.45, 2.75) is 31.3 Å². The molecule has 2 fully saturated rings. The van der Waals surface area contributed by atoms with Gasteiger partial charge in [-0.25, -0.2) is 9.78 Å². The number of hydrogen-bond acceptors (Lipinski definition) is 3. The van der Waals surface area contributed by atoms with Crippen LogP contribution < -0.4 is 0 Å². The zero-order valence-electron chi connectivity index (χ0n) is 7.92. The third-order valence-electron chi connectivity index (χ3n) is 2.76. The van der Waals surface area contributed by atoms with Crippen molar-refractivity contribution >= 4 is 0 Å². The van der Waals surface area contributed by atoms with Gasteiger partial charge in [0.15, 0.2) is 0 Å². The SMILES string of the molecule is CC1OO[C@H](c2ccccc2)[C@H]2O[C@@H]12. The van der Waals surface area contributed by atoms with E-state index in [4.69, 9.17) is 14.5 Å². The summed E-state index contributed by atoms with van der Waals surface area (Å²) < 4.78 is 5.51. The fraction of sp³-hybridized carbons (Fsp3) is 0.455. The number of fused-ring (bicyclic) bond motifs is 1. The molecule has 0 saturated carbocycles. The monoisotopic (exact) mass is 192 g/mol. The van der Waals surface area contributed by atoms with Gasteiger partial charge in [-0.1, -0.05) is 30.3 Å². The van der Waals surface area contributed by atoms with Crippen LogP contribution >= 0.6 is 0 Å². The number of ether oxygens (including phenoxy) is 1. The second-order valence-electron chi connectivity index (χ2n) is 3.79. The van der Waals surface area contributed by atoms with Crippen LogP contribution in [0.3, 0.4) is 0 Å². The lowest BCUT2D eigenvalue weighted by molar-refractivity contribution is -0.364. The smallest absolute Gasteiger partial charge is 0.147 e. The summed E-state index contributed by atoms with van der Waals surface area (Å²) in [6.07, 6.45) is 0.396. The molecule has 14 heavy (non-hydrogen) atoms. The average Bonchev–Trinajstić information content (AvgIpc) is 3.00. The van der Waals surface area contributed by atoms with Crippen LogP contribution in [-0.4, -0.2) is 18.3 Å². The maximum Gasteiger partial charge on any atom is 0.147 e. The number of epoxide rings is 1. The largest absolute Gasteiger partial charge is 0.363 e. The molecule has 0 aromatic heterocycles. The van der Waals surface area contributed by atoms with E-state index in [0.717, 1.165) is 5.56 Å². The average molecular weight is 192 g/mol. The van der Waals surface area contributed by atoms with Crippen molar-refractivity contribution in [1.29, 1.82) is 0 Å². The minimum Gasteiger partial charge on any atom is -0.363 e. The molecule has 4 atom stereocenters.